The van der Waals surface area contributed by atoms with Crippen LogP contribution in [0.4, 0.5) is 10.1 Å². The zero-order chi connectivity index (χ0) is 24.0. The van der Waals surface area contributed by atoms with Gasteiger partial charge in [-0.2, -0.15) is 0 Å². The number of nitrogens with one attached hydrogen (secondary N) is 1. The molecule has 1 unspecified atom stereocenters. The van der Waals surface area contributed by atoms with Crippen molar-refractivity contribution in [3.05, 3.63) is 64.0 Å². The SMILES string of the molecule is Cc1ccc(C)c(CN2CCN(c3cc(F)cc4c3CN(C3CCC(=O)NC3=O)C4=O)CC2)c1. The molecule has 178 valence electrons. The summed E-state index contributed by atoms with van der Waals surface area (Å²) in [6.07, 6.45) is 0.486. The van der Waals surface area contributed by atoms with Crippen LogP contribution in [0.15, 0.2) is 30.3 Å². The Labute approximate surface area is 198 Å². The Morgan fingerprint density at radius 1 is 1.03 bits per heavy atom. The maximum atomic E-state index is 14.6. The van der Waals surface area contributed by atoms with Gasteiger partial charge in [-0.05, 0) is 43.5 Å². The second-order valence-electron chi connectivity index (χ2n) is 9.54. The Kier molecular flexibility index (Phi) is 5.85. The van der Waals surface area contributed by atoms with Gasteiger partial charge in [0.15, 0.2) is 0 Å². The first kappa shape index (κ1) is 22.5. The van der Waals surface area contributed by atoms with Gasteiger partial charge in [-0.1, -0.05) is 23.8 Å². The van der Waals surface area contributed by atoms with E-state index in [9.17, 15) is 18.8 Å². The molecule has 7 nitrogen and oxygen atoms in total. The summed E-state index contributed by atoms with van der Waals surface area (Å²) in [7, 11) is 0. The largest absolute Gasteiger partial charge is 0.369 e. The van der Waals surface area contributed by atoms with Crippen molar-refractivity contribution in [1.29, 1.82) is 0 Å². The molecule has 0 aromatic heterocycles. The van der Waals surface area contributed by atoms with Crippen LogP contribution in [0.5, 0.6) is 0 Å². The summed E-state index contributed by atoms with van der Waals surface area (Å²) in [5.74, 6) is -1.58. The van der Waals surface area contributed by atoms with Crippen LogP contribution in [-0.2, 0) is 22.7 Å². The molecule has 2 fully saturated rings. The van der Waals surface area contributed by atoms with Crippen LogP contribution >= 0.6 is 0 Å². The summed E-state index contributed by atoms with van der Waals surface area (Å²) in [5, 5.41) is 2.31. The number of carbonyl (C=O) groups excluding carboxylic acids is 3. The average Bonchev–Trinajstić information content (AvgIpc) is 3.12. The number of imide groups is 1. The molecule has 2 aromatic rings. The quantitative estimate of drug-likeness (QED) is 0.704. The fraction of sp³-hybridized carbons (Fsp3) is 0.423. The number of piperazine rings is 1. The summed E-state index contributed by atoms with van der Waals surface area (Å²) in [6, 6.07) is 8.58. The van der Waals surface area contributed by atoms with E-state index in [1.54, 1.807) is 0 Å². The van der Waals surface area contributed by atoms with E-state index in [-0.39, 0.29) is 24.8 Å². The Bertz CT molecular complexity index is 1170. The highest BCUT2D eigenvalue weighted by molar-refractivity contribution is 6.06. The predicted molar refractivity (Wildman–Crippen MR) is 126 cm³/mol. The van der Waals surface area contributed by atoms with E-state index in [4.69, 9.17) is 0 Å². The third kappa shape index (κ3) is 4.18. The lowest BCUT2D eigenvalue weighted by atomic mass is 10.0. The number of fused-ring (bicyclic) bond motifs is 1. The molecule has 5 rings (SSSR count). The highest BCUT2D eigenvalue weighted by Gasteiger charge is 2.41. The predicted octanol–water partition coefficient (Wildman–Crippen LogP) is 2.53. The summed E-state index contributed by atoms with van der Waals surface area (Å²) in [5.41, 5.74) is 5.66. The lowest BCUT2D eigenvalue weighted by Crippen LogP contribution is -2.52. The molecule has 8 heteroatoms. The molecular formula is C26H29FN4O3. The number of piperidine rings is 1. The van der Waals surface area contributed by atoms with Crippen molar-refractivity contribution in [3.8, 4) is 0 Å². The lowest BCUT2D eigenvalue weighted by Gasteiger charge is -2.37. The van der Waals surface area contributed by atoms with E-state index < -0.39 is 17.8 Å². The van der Waals surface area contributed by atoms with Crippen LogP contribution in [0.3, 0.4) is 0 Å². The van der Waals surface area contributed by atoms with Gasteiger partial charge in [0.25, 0.3) is 5.91 Å². The number of rotatable bonds is 4. The standard InChI is InChI=1S/C26H29FN4O3/c1-16-3-4-17(2)18(11-16)14-29-7-9-30(10-8-29)23-13-19(27)12-20-21(23)15-31(26(20)34)22-5-6-24(32)28-25(22)33/h3-4,11-13,22H,5-10,14-15H2,1-2H3,(H,28,32,33). The van der Waals surface area contributed by atoms with Crippen molar-refractivity contribution in [2.24, 2.45) is 0 Å². The molecule has 34 heavy (non-hydrogen) atoms. The second-order valence-corrected chi connectivity index (χ2v) is 9.54. The van der Waals surface area contributed by atoms with E-state index in [0.717, 1.165) is 44.0 Å². The lowest BCUT2D eigenvalue weighted by molar-refractivity contribution is -0.136. The molecular weight excluding hydrogens is 435 g/mol. The Morgan fingerprint density at radius 3 is 2.53 bits per heavy atom. The summed E-state index contributed by atoms with van der Waals surface area (Å²) in [4.78, 5) is 43.0. The van der Waals surface area contributed by atoms with Crippen molar-refractivity contribution in [1.82, 2.24) is 15.1 Å². The van der Waals surface area contributed by atoms with Gasteiger partial charge in [0, 0.05) is 62.5 Å². The molecule has 1 N–H and O–H groups in total. The van der Waals surface area contributed by atoms with Crippen LogP contribution in [0.25, 0.3) is 0 Å². The van der Waals surface area contributed by atoms with Gasteiger partial charge in [-0.3, -0.25) is 24.6 Å². The van der Waals surface area contributed by atoms with E-state index in [0.29, 0.717) is 12.0 Å². The average molecular weight is 465 g/mol. The number of carbonyl (C=O) groups is 3. The number of benzene rings is 2. The number of hydrogen-bond acceptors (Lipinski definition) is 5. The number of amides is 3. The maximum absolute atomic E-state index is 14.6. The highest BCUT2D eigenvalue weighted by atomic mass is 19.1. The van der Waals surface area contributed by atoms with E-state index >= 15 is 0 Å². The van der Waals surface area contributed by atoms with Gasteiger partial charge in [0.05, 0.1) is 0 Å². The fourth-order valence-corrected chi connectivity index (χ4v) is 5.25. The molecule has 1 atom stereocenters. The minimum Gasteiger partial charge on any atom is -0.369 e. The van der Waals surface area contributed by atoms with Crippen LogP contribution in [0.1, 0.15) is 45.5 Å². The van der Waals surface area contributed by atoms with Crippen LogP contribution < -0.4 is 10.2 Å². The molecule has 3 aliphatic rings. The van der Waals surface area contributed by atoms with Gasteiger partial charge >= 0.3 is 0 Å². The Morgan fingerprint density at radius 2 is 1.79 bits per heavy atom. The van der Waals surface area contributed by atoms with Crippen molar-refractivity contribution in [2.45, 2.75) is 45.8 Å². The van der Waals surface area contributed by atoms with Gasteiger partial charge < -0.3 is 9.80 Å². The van der Waals surface area contributed by atoms with Gasteiger partial charge in [-0.15, -0.1) is 0 Å². The summed E-state index contributed by atoms with van der Waals surface area (Å²) >= 11 is 0. The molecule has 3 amide bonds. The van der Waals surface area contributed by atoms with Gasteiger partial charge in [-0.25, -0.2) is 4.39 Å². The first-order chi connectivity index (χ1) is 16.3. The molecule has 0 aliphatic carbocycles. The van der Waals surface area contributed by atoms with Crippen LogP contribution in [0.2, 0.25) is 0 Å². The summed E-state index contributed by atoms with van der Waals surface area (Å²) in [6.45, 7) is 8.49. The number of aryl methyl sites for hydroxylation is 2. The highest BCUT2D eigenvalue weighted by Crippen LogP contribution is 2.35. The second kappa shape index (κ2) is 8.83. The molecule has 2 saturated heterocycles. The minimum absolute atomic E-state index is 0.195. The van der Waals surface area contributed by atoms with Crippen molar-refractivity contribution >= 4 is 23.4 Å². The van der Waals surface area contributed by atoms with Gasteiger partial charge in [0.2, 0.25) is 11.8 Å². The number of anilines is 1. The topological polar surface area (TPSA) is 73.0 Å². The molecule has 0 saturated carbocycles. The number of hydrogen-bond donors (Lipinski definition) is 1. The Hall–Kier alpha value is -3.26. The van der Waals surface area contributed by atoms with Crippen molar-refractivity contribution < 1.29 is 18.8 Å². The molecule has 2 aromatic carbocycles. The smallest absolute Gasteiger partial charge is 0.255 e. The monoisotopic (exact) mass is 464 g/mol. The van der Waals surface area contributed by atoms with Crippen LogP contribution in [-0.4, -0.2) is 59.7 Å². The molecule has 0 spiro atoms. The molecule has 3 aliphatic heterocycles. The first-order valence-electron chi connectivity index (χ1n) is 11.8. The van der Waals surface area contributed by atoms with E-state index in [1.165, 1.54) is 33.7 Å². The van der Waals surface area contributed by atoms with E-state index in [1.807, 2.05) is 0 Å². The number of halogens is 1. The molecule has 0 radical (unpaired) electrons. The first-order valence-corrected chi connectivity index (χ1v) is 11.8. The molecule has 3 heterocycles. The van der Waals surface area contributed by atoms with Crippen molar-refractivity contribution in [3.63, 3.8) is 0 Å². The third-order valence-electron chi connectivity index (χ3n) is 7.21. The van der Waals surface area contributed by atoms with E-state index in [2.05, 4.69) is 47.2 Å². The maximum Gasteiger partial charge on any atom is 0.255 e. The molecule has 0 bridgehead atoms. The van der Waals surface area contributed by atoms with Crippen LogP contribution in [0, 0.1) is 19.7 Å². The summed E-state index contributed by atoms with van der Waals surface area (Å²) < 4.78 is 14.6. The zero-order valence-electron chi connectivity index (χ0n) is 19.6. The Balaban J connectivity index is 1.32. The number of nitrogens with zero attached hydrogens (tertiary/aromatic N) is 3. The fourth-order valence-electron chi connectivity index (χ4n) is 5.25. The zero-order valence-corrected chi connectivity index (χ0v) is 19.6. The minimum atomic E-state index is -0.706. The third-order valence-corrected chi connectivity index (χ3v) is 7.21. The van der Waals surface area contributed by atoms with Gasteiger partial charge in [0.1, 0.15) is 11.9 Å². The normalized spacial score (nSPS) is 21.1. The van der Waals surface area contributed by atoms with Crippen molar-refractivity contribution in [2.75, 3.05) is 31.1 Å².